The van der Waals surface area contributed by atoms with Crippen molar-refractivity contribution >= 4 is 29.3 Å². The molecule has 2 aromatic carbocycles. The number of unbranched alkanes of at least 4 members (excludes halogenated alkanes) is 2. The number of carbonyl (C=O) groups is 4. The first-order chi connectivity index (χ1) is 14.5. The Balaban J connectivity index is 1.73. The van der Waals surface area contributed by atoms with Crippen molar-refractivity contribution in [1.29, 1.82) is 0 Å². The van der Waals surface area contributed by atoms with Crippen molar-refractivity contribution in [3.63, 3.8) is 0 Å². The predicted molar refractivity (Wildman–Crippen MR) is 113 cm³/mol. The molecule has 0 fully saturated rings. The van der Waals surface area contributed by atoms with Crippen LogP contribution in [0.2, 0.25) is 0 Å². The van der Waals surface area contributed by atoms with Gasteiger partial charge in [0.2, 0.25) is 5.91 Å². The molecule has 158 valence electrons. The van der Waals surface area contributed by atoms with Crippen LogP contribution in [0.15, 0.2) is 54.6 Å². The van der Waals surface area contributed by atoms with E-state index < -0.39 is 18.5 Å². The summed E-state index contributed by atoms with van der Waals surface area (Å²) in [5.41, 5.74) is 1.40. The molecule has 0 atom stereocenters. The minimum atomic E-state index is -0.705. The first-order valence-electron chi connectivity index (χ1n) is 9.91. The Kier molecular flexibility index (Phi) is 9.24. The van der Waals surface area contributed by atoms with Gasteiger partial charge in [-0.2, -0.15) is 0 Å². The van der Waals surface area contributed by atoms with Crippen LogP contribution < -0.4 is 10.6 Å². The smallest absolute Gasteiger partial charge is 0.325 e. The average Bonchev–Trinajstić information content (AvgIpc) is 2.77. The number of rotatable bonds is 11. The van der Waals surface area contributed by atoms with Gasteiger partial charge in [0.15, 0.2) is 12.4 Å². The van der Waals surface area contributed by atoms with Crippen LogP contribution in [0, 0.1) is 0 Å². The van der Waals surface area contributed by atoms with Crippen LogP contribution in [0.25, 0.3) is 0 Å². The molecule has 0 saturated heterocycles. The Labute approximate surface area is 175 Å². The van der Waals surface area contributed by atoms with Crippen LogP contribution in [-0.4, -0.2) is 36.7 Å². The van der Waals surface area contributed by atoms with Crippen LogP contribution in [0.1, 0.15) is 53.3 Å². The zero-order valence-corrected chi connectivity index (χ0v) is 17.0. The number of benzene rings is 2. The third kappa shape index (κ3) is 7.87. The summed E-state index contributed by atoms with van der Waals surface area (Å²) >= 11 is 0. The molecule has 0 saturated carbocycles. The summed E-state index contributed by atoms with van der Waals surface area (Å²) < 4.78 is 4.92. The van der Waals surface area contributed by atoms with Gasteiger partial charge in [0.25, 0.3) is 5.91 Å². The zero-order valence-electron chi connectivity index (χ0n) is 17.0. The fourth-order valence-corrected chi connectivity index (χ4v) is 2.62. The molecule has 0 heterocycles. The number of Topliss-reactive ketones (excluding diaryl/α,β-unsaturated/α-hetero) is 1. The lowest BCUT2D eigenvalue weighted by Gasteiger charge is -2.08. The van der Waals surface area contributed by atoms with E-state index in [0.29, 0.717) is 23.2 Å². The van der Waals surface area contributed by atoms with E-state index in [2.05, 4.69) is 17.6 Å². The predicted octanol–water partition coefficient (Wildman–Crippen LogP) is 3.36. The molecule has 0 unspecified atom stereocenters. The molecule has 0 bridgehead atoms. The Morgan fingerprint density at radius 2 is 1.57 bits per heavy atom. The second kappa shape index (κ2) is 12.2. The summed E-state index contributed by atoms with van der Waals surface area (Å²) in [5.74, 6) is -1.54. The number of ether oxygens (including phenoxy) is 1. The maximum absolute atomic E-state index is 12.2. The Hall–Kier alpha value is -3.48. The van der Waals surface area contributed by atoms with E-state index in [1.165, 1.54) is 0 Å². The number of hydrogen-bond acceptors (Lipinski definition) is 5. The normalized spacial score (nSPS) is 10.2. The highest BCUT2D eigenvalue weighted by molar-refractivity contribution is 5.99. The number of ketones is 1. The molecule has 30 heavy (non-hydrogen) atoms. The van der Waals surface area contributed by atoms with Crippen LogP contribution in [0.4, 0.5) is 5.69 Å². The van der Waals surface area contributed by atoms with Gasteiger partial charge in [0, 0.05) is 23.2 Å². The molecule has 0 aliphatic rings. The highest BCUT2D eigenvalue weighted by atomic mass is 16.5. The van der Waals surface area contributed by atoms with Crippen LogP contribution >= 0.6 is 0 Å². The van der Waals surface area contributed by atoms with E-state index in [1.807, 2.05) is 0 Å². The van der Waals surface area contributed by atoms with E-state index in [-0.39, 0.29) is 18.2 Å². The molecule has 2 rings (SSSR count). The summed E-state index contributed by atoms with van der Waals surface area (Å²) in [6.07, 6.45) is 3.37. The van der Waals surface area contributed by atoms with Gasteiger partial charge in [-0.05, 0) is 42.8 Å². The summed E-state index contributed by atoms with van der Waals surface area (Å²) in [6.45, 7) is 1.32. The number of nitrogens with one attached hydrogen (secondary N) is 2. The molecule has 0 radical (unpaired) electrons. The maximum atomic E-state index is 12.2. The van der Waals surface area contributed by atoms with Gasteiger partial charge in [-0.15, -0.1) is 0 Å². The zero-order chi connectivity index (χ0) is 21.8. The van der Waals surface area contributed by atoms with Crippen molar-refractivity contribution < 1.29 is 23.9 Å². The maximum Gasteiger partial charge on any atom is 0.325 e. The summed E-state index contributed by atoms with van der Waals surface area (Å²) in [7, 11) is 0. The van der Waals surface area contributed by atoms with E-state index in [4.69, 9.17) is 4.74 Å². The molecular weight excluding hydrogens is 384 g/mol. The number of amides is 2. The molecule has 7 nitrogen and oxygen atoms in total. The topological polar surface area (TPSA) is 102 Å². The van der Waals surface area contributed by atoms with Crippen molar-refractivity contribution in [2.75, 3.05) is 18.5 Å². The van der Waals surface area contributed by atoms with Gasteiger partial charge >= 0.3 is 5.97 Å². The van der Waals surface area contributed by atoms with Gasteiger partial charge < -0.3 is 15.4 Å². The lowest BCUT2D eigenvalue weighted by Crippen LogP contribution is -2.31. The summed E-state index contributed by atoms with van der Waals surface area (Å²) in [6, 6.07) is 14.9. The van der Waals surface area contributed by atoms with E-state index in [0.717, 1.165) is 19.3 Å². The number of esters is 1. The third-order valence-electron chi connectivity index (χ3n) is 4.29. The van der Waals surface area contributed by atoms with Crippen molar-refractivity contribution in [2.24, 2.45) is 0 Å². The van der Waals surface area contributed by atoms with Gasteiger partial charge in [-0.25, -0.2) is 0 Å². The fraction of sp³-hybridized carbons (Fsp3) is 0.304. The summed E-state index contributed by atoms with van der Waals surface area (Å²) in [5, 5.41) is 5.22. The van der Waals surface area contributed by atoms with Crippen LogP contribution in [0.3, 0.4) is 0 Å². The van der Waals surface area contributed by atoms with Crippen LogP contribution in [-0.2, 0) is 14.3 Å². The molecule has 2 aromatic rings. The molecular formula is C23H26N2O5. The van der Waals surface area contributed by atoms with E-state index in [1.54, 1.807) is 54.6 Å². The number of carbonyl (C=O) groups excluding carboxylic acids is 4. The van der Waals surface area contributed by atoms with Crippen molar-refractivity contribution in [2.45, 2.75) is 32.6 Å². The van der Waals surface area contributed by atoms with Gasteiger partial charge in [-0.3, -0.25) is 19.2 Å². The number of hydrogen-bond donors (Lipinski definition) is 2. The van der Waals surface area contributed by atoms with Gasteiger partial charge in [0.1, 0.15) is 6.54 Å². The molecule has 0 aromatic heterocycles. The average molecular weight is 410 g/mol. The highest BCUT2D eigenvalue weighted by Gasteiger charge is 2.12. The SMILES string of the molecule is CCCCCC(=O)Nc1ccc(C(=O)COC(=O)CNC(=O)c2ccccc2)cc1. The van der Waals surface area contributed by atoms with Crippen molar-refractivity contribution in [3.05, 3.63) is 65.7 Å². The van der Waals surface area contributed by atoms with Crippen LogP contribution in [0.5, 0.6) is 0 Å². The largest absolute Gasteiger partial charge is 0.456 e. The standard InChI is InChI=1S/C23H26N2O5/c1-2-3-5-10-21(27)25-19-13-11-17(12-14-19)20(26)16-30-22(28)15-24-23(29)18-8-6-4-7-9-18/h4,6-9,11-14H,2-3,5,10,15-16H2,1H3,(H,24,29)(H,25,27). The Morgan fingerprint density at radius 1 is 0.867 bits per heavy atom. The van der Waals surface area contributed by atoms with Crippen molar-refractivity contribution in [1.82, 2.24) is 5.32 Å². The quantitative estimate of drug-likeness (QED) is 0.336. The summed E-state index contributed by atoms with van der Waals surface area (Å²) in [4.78, 5) is 47.6. The molecule has 0 aliphatic heterocycles. The minimum Gasteiger partial charge on any atom is -0.456 e. The molecule has 2 N–H and O–H groups in total. The lowest BCUT2D eigenvalue weighted by atomic mass is 10.1. The second-order valence-corrected chi connectivity index (χ2v) is 6.72. The fourth-order valence-electron chi connectivity index (χ4n) is 2.62. The second-order valence-electron chi connectivity index (χ2n) is 6.72. The molecule has 0 aliphatic carbocycles. The van der Waals surface area contributed by atoms with Gasteiger partial charge in [-0.1, -0.05) is 38.0 Å². The molecule has 2 amide bonds. The molecule has 7 heteroatoms. The van der Waals surface area contributed by atoms with Crippen molar-refractivity contribution in [3.8, 4) is 0 Å². The third-order valence-corrected chi connectivity index (χ3v) is 4.29. The van der Waals surface area contributed by atoms with Gasteiger partial charge in [0.05, 0.1) is 0 Å². The first-order valence-corrected chi connectivity index (χ1v) is 9.91. The lowest BCUT2D eigenvalue weighted by molar-refractivity contribution is -0.141. The number of anilines is 1. The minimum absolute atomic E-state index is 0.0611. The van der Waals surface area contributed by atoms with E-state index >= 15 is 0 Å². The van der Waals surface area contributed by atoms with E-state index in [9.17, 15) is 19.2 Å². The Bertz CT molecular complexity index is 863. The highest BCUT2D eigenvalue weighted by Crippen LogP contribution is 2.11. The Morgan fingerprint density at radius 3 is 2.23 bits per heavy atom. The first kappa shape index (κ1) is 22.8. The monoisotopic (exact) mass is 410 g/mol. The molecule has 0 spiro atoms.